The van der Waals surface area contributed by atoms with Crippen molar-refractivity contribution in [3.63, 3.8) is 0 Å². The van der Waals surface area contributed by atoms with E-state index in [2.05, 4.69) is 10.7 Å². The number of nitrogens with one attached hydrogen (secondary N) is 2. The third-order valence-corrected chi connectivity index (χ3v) is 8.41. The van der Waals surface area contributed by atoms with Crippen LogP contribution in [0.15, 0.2) is 29.2 Å². The summed E-state index contributed by atoms with van der Waals surface area (Å²) in [6.07, 6.45) is 3.90. The number of hydrogen-bond donors (Lipinski definition) is 2. The number of carbonyl (C=O) groups is 3. The minimum atomic E-state index is -3.64. The number of imide groups is 1. The summed E-state index contributed by atoms with van der Waals surface area (Å²) in [5, 5.41) is 3.54. The first-order chi connectivity index (χ1) is 15.7. The van der Waals surface area contributed by atoms with Crippen LogP contribution in [0.3, 0.4) is 0 Å². The number of rotatable bonds is 6. The maximum atomic E-state index is 12.9. The van der Waals surface area contributed by atoms with Gasteiger partial charge >= 0.3 is 6.03 Å². The minimum absolute atomic E-state index is 0.0412. The molecule has 11 nitrogen and oxygen atoms in total. The van der Waals surface area contributed by atoms with Crippen molar-refractivity contribution in [2.75, 3.05) is 39.8 Å². The van der Waals surface area contributed by atoms with Crippen LogP contribution >= 0.6 is 0 Å². The maximum absolute atomic E-state index is 12.9. The third kappa shape index (κ3) is 4.68. The largest absolute Gasteiger partial charge is 0.497 e. The molecule has 0 radical (unpaired) electrons. The lowest BCUT2D eigenvalue weighted by Gasteiger charge is -2.33. The van der Waals surface area contributed by atoms with E-state index in [0.717, 1.165) is 24.3 Å². The molecule has 0 aromatic heterocycles. The molecule has 1 aliphatic carbocycles. The first-order valence-electron chi connectivity index (χ1n) is 11.1. The molecular formula is C21H29N5O6S. The second-order valence-electron chi connectivity index (χ2n) is 8.60. The Morgan fingerprint density at radius 1 is 1.06 bits per heavy atom. The summed E-state index contributed by atoms with van der Waals surface area (Å²) in [4.78, 5) is 39.6. The van der Waals surface area contributed by atoms with E-state index >= 15 is 0 Å². The van der Waals surface area contributed by atoms with E-state index in [1.165, 1.54) is 23.5 Å². The van der Waals surface area contributed by atoms with Gasteiger partial charge in [0.2, 0.25) is 10.0 Å². The molecule has 12 heteroatoms. The molecule has 4 amide bonds. The molecule has 3 aliphatic rings. The minimum Gasteiger partial charge on any atom is -0.497 e. The maximum Gasteiger partial charge on any atom is 0.344 e. The number of hydrogen-bond acceptors (Lipinski definition) is 7. The van der Waals surface area contributed by atoms with Crippen molar-refractivity contribution in [2.45, 2.75) is 42.5 Å². The molecule has 1 saturated carbocycles. The van der Waals surface area contributed by atoms with Gasteiger partial charge in [0.05, 0.1) is 18.6 Å². The van der Waals surface area contributed by atoms with E-state index < -0.39 is 33.4 Å². The topological polar surface area (TPSA) is 128 Å². The molecule has 2 heterocycles. The lowest BCUT2D eigenvalue weighted by atomic mass is 9.82. The van der Waals surface area contributed by atoms with Crippen molar-refractivity contribution < 1.29 is 27.5 Å². The van der Waals surface area contributed by atoms with E-state index in [4.69, 9.17) is 4.74 Å². The second-order valence-corrected chi connectivity index (χ2v) is 10.5. The van der Waals surface area contributed by atoms with Gasteiger partial charge in [-0.15, -0.1) is 0 Å². The third-order valence-electron chi connectivity index (χ3n) is 6.50. The van der Waals surface area contributed by atoms with E-state index in [0.29, 0.717) is 31.7 Å². The summed E-state index contributed by atoms with van der Waals surface area (Å²) >= 11 is 0. The zero-order valence-electron chi connectivity index (χ0n) is 18.6. The van der Waals surface area contributed by atoms with Crippen LogP contribution < -0.4 is 15.5 Å². The van der Waals surface area contributed by atoms with Gasteiger partial charge in [-0.05, 0) is 37.1 Å². The zero-order chi connectivity index (χ0) is 23.6. The molecule has 1 aromatic carbocycles. The zero-order valence-corrected chi connectivity index (χ0v) is 19.4. The summed E-state index contributed by atoms with van der Waals surface area (Å²) in [7, 11) is -2.13. The summed E-state index contributed by atoms with van der Waals surface area (Å²) in [6, 6.07) is 5.60. The van der Waals surface area contributed by atoms with Gasteiger partial charge in [0.1, 0.15) is 11.3 Å². The normalized spacial score (nSPS) is 21.8. The Morgan fingerprint density at radius 2 is 1.70 bits per heavy atom. The second kappa shape index (κ2) is 9.27. The molecule has 4 rings (SSSR count). The molecule has 2 aliphatic heterocycles. The predicted octanol–water partition coefficient (Wildman–Crippen LogP) is 0.287. The molecule has 3 fully saturated rings. The Labute approximate surface area is 193 Å². The van der Waals surface area contributed by atoms with E-state index in [-0.39, 0.29) is 24.5 Å². The van der Waals surface area contributed by atoms with E-state index in [1.54, 1.807) is 17.0 Å². The first-order valence-corrected chi connectivity index (χ1v) is 12.5. The van der Waals surface area contributed by atoms with Crippen molar-refractivity contribution in [2.24, 2.45) is 0 Å². The van der Waals surface area contributed by atoms with Gasteiger partial charge in [0, 0.05) is 26.2 Å². The van der Waals surface area contributed by atoms with Gasteiger partial charge in [0.15, 0.2) is 0 Å². The van der Waals surface area contributed by atoms with E-state index in [1.807, 2.05) is 0 Å². The summed E-state index contributed by atoms with van der Waals surface area (Å²) < 4.78 is 32.2. The van der Waals surface area contributed by atoms with Crippen LogP contribution in [0.5, 0.6) is 5.75 Å². The summed E-state index contributed by atoms with van der Waals surface area (Å²) in [5.41, 5.74) is 1.52. The fourth-order valence-corrected chi connectivity index (χ4v) is 6.03. The number of ether oxygens (including phenoxy) is 1. The number of benzene rings is 1. The standard InChI is InChI=1S/C21H29N5O6S/c1-32-16-5-7-17(8-6-16)33(30,31)25-13-11-24(12-14-25)15-18(27)23-26-19(28)21(22-20(26)29)9-3-2-4-10-21/h5-8H,2-4,9-15H2,1H3,(H,22,29)(H,23,27). The first kappa shape index (κ1) is 23.5. The predicted molar refractivity (Wildman–Crippen MR) is 118 cm³/mol. The number of amides is 4. The van der Waals surface area contributed by atoms with Crippen LogP contribution in [0.1, 0.15) is 32.1 Å². The lowest BCUT2D eigenvalue weighted by molar-refractivity contribution is -0.140. The highest BCUT2D eigenvalue weighted by Gasteiger charge is 2.52. The van der Waals surface area contributed by atoms with Gasteiger partial charge < -0.3 is 10.1 Å². The molecule has 2 saturated heterocycles. The van der Waals surface area contributed by atoms with E-state index in [9.17, 15) is 22.8 Å². The Balaban J connectivity index is 1.29. The molecule has 0 bridgehead atoms. The lowest BCUT2D eigenvalue weighted by Crippen LogP contribution is -2.54. The van der Waals surface area contributed by atoms with Crippen LogP contribution in [0, 0.1) is 0 Å². The van der Waals surface area contributed by atoms with Crippen molar-refractivity contribution in [1.82, 2.24) is 25.0 Å². The average molecular weight is 480 g/mol. The molecule has 1 spiro atoms. The van der Waals surface area contributed by atoms with Crippen LogP contribution in [-0.4, -0.2) is 85.8 Å². The fraction of sp³-hybridized carbons (Fsp3) is 0.571. The van der Waals surface area contributed by atoms with Gasteiger partial charge in [-0.2, -0.15) is 9.31 Å². The number of hydrazine groups is 1. The van der Waals surface area contributed by atoms with Gasteiger partial charge in [-0.1, -0.05) is 19.3 Å². The number of urea groups is 1. The van der Waals surface area contributed by atoms with Gasteiger partial charge in [0.25, 0.3) is 11.8 Å². The number of methoxy groups -OCH3 is 1. The van der Waals surface area contributed by atoms with Crippen molar-refractivity contribution in [3.8, 4) is 5.75 Å². The Bertz CT molecular complexity index is 1010. The summed E-state index contributed by atoms with van der Waals surface area (Å²) in [6.45, 7) is 1.13. The van der Waals surface area contributed by atoms with Crippen molar-refractivity contribution in [1.29, 1.82) is 0 Å². The SMILES string of the molecule is COc1ccc(S(=O)(=O)N2CCN(CC(=O)NN3C(=O)NC4(CCCCC4)C3=O)CC2)cc1. The molecule has 2 N–H and O–H groups in total. The van der Waals surface area contributed by atoms with Gasteiger partial charge in [-0.25, -0.2) is 13.2 Å². The fourth-order valence-electron chi connectivity index (χ4n) is 4.60. The van der Waals surface area contributed by atoms with Crippen LogP contribution in [0.2, 0.25) is 0 Å². The smallest absolute Gasteiger partial charge is 0.344 e. The van der Waals surface area contributed by atoms with Crippen LogP contribution in [0.4, 0.5) is 4.79 Å². The number of piperazine rings is 1. The quantitative estimate of drug-likeness (QED) is 0.561. The Kier molecular flexibility index (Phi) is 6.59. The van der Waals surface area contributed by atoms with Crippen molar-refractivity contribution in [3.05, 3.63) is 24.3 Å². The molecular weight excluding hydrogens is 450 g/mol. The molecule has 180 valence electrons. The van der Waals surface area contributed by atoms with Crippen LogP contribution in [0.25, 0.3) is 0 Å². The highest BCUT2D eigenvalue weighted by molar-refractivity contribution is 7.89. The van der Waals surface area contributed by atoms with Crippen molar-refractivity contribution >= 4 is 27.9 Å². The Morgan fingerprint density at radius 3 is 2.30 bits per heavy atom. The highest BCUT2D eigenvalue weighted by atomic mass is 32.2. The molecule has 1 aromatic rings. The number of carbonyl (C=O) groups excluding carboxylic acids is 3. The van der Waals surface area contributed by atoms with Crippen LogP contribution in [-0.2, 0) is 19.6 Å². The monoisotopic (exact) mass is 479 g/mol. The molecule has 0 unspecified atom stereocenters. The number of nitrogens with zero attached hydrogens (tertiary/aromatic N) is 3. The molecule has 33 heavy (non-hydrogen) atoms. The molecule has 0 atom stereocenters. The Hall–Kier alpha value is -2.70. The van der Waals surface area contributed by atoms with Gasteiger partial charge in [-0.3, -0.25) is 19.9 Å². The number of sulfonamides is 1. The summed E-state index contributed by atoms with van der Waals surface area (Å²) in [5.74, 6) is -0.321. The average Bonchev–Trinajstić information content (AvgIpc) is 3.03. The highest BCUT2D eigenvalue weighted by Crippen LogP contribution is 2.33.